The first kappa shape index (κ1) is 5.72. The topological polar surface area (TPSA) is 26.0 Å². The van der Waals surface area contributed by atoms with Crippen LogP contribution in [0.4, 0.5) is 0 Å². The third-order valence-corrected chi connectivity index (χ3v) is 3.19. The van der Waals surface area contributed by atoms with Gasteiger partial charge < -0.3 is 5.73 Å². The maximum atomic E-state index is 5.67. The summed E-state index contributed by atoms with van der Waals surface area (Å²) in [5.41, 5.74) is 6.32. The summed E-state index contributed by atoms with van der Waals surface area (Å²) < 4.78 is 0. The Balaban J connectivity index is 1.97. The second kappa shape index (κ2) is 1.51. The Labute approximate surface area is 56.6 Å². The summed E-state index contributed by atoms with van der Waals surface area (Å²) in [5.74, 6) is 2.01. The molecule has 2 saturated carbocycles. The normalized spacial score (nSPS) is 44.7. The fourth-order valence-electron chi connectivity index (χ4n) is 2.06. The monoisotopic (exact) mass is 125 g/mol. The highest BCUT2D eigenvalue weighted by atomic mass is 14.7. The molecule has 0 aromatic rings. The van der Waals surface area contributed by atoms with Gasteiger partial charge in [0, 0.05) is 0 Å². The molecule has 2 aliphatic rings. The zero-order chi connectivity index (χ0) is 6.48. The van der Waals surface area contributed by atoms with Gasteiger partial charge in [-0.05, 0) is 43.1 Å². The average molecular weight is 125 g/mol. The molecule has 0 radical (unpaired) electrons. The predicted octanol–water partition coefficient (Wildman–Crippen LogP) is 1.38. The molecule has 2 fully saturated rings. The van der Waals surface area contributed by atoms with Crippen molar-refractivity contribution in [2.24, 2.45) is 23.0 Å². The molecule has 0 bridgehead atoms. The van der Waals surface area contributed by atoms with Crippen molar-refractivity contribution in [2.75, 3.05) is 6.54 Å². The maximum absolute atomic E-state index is 5.67. The summed E-state index contributed by atoms with van der Waals surface area (Å²) in [6.07, 6.45) is 4.29. The van der Waals surface area contributed by atoms with Crippen molar-refractivity contribution >= 4 is 0 Å². The van der Waals surface area contributed by atoms with E-state index >= 15 is 0 Å². The Kier molecular flexibility index (Phi) is 0.963. The Hall–Kier alpha value is -0.0400. The second-order valence-electron chi connectivity index (χ2n) is 3.89. The largest absolute Gasteiger partial charge is 0.330 e. The molecule has 2 aliphatic carbocycles. The second-order valence-corrected chi connectivity index (χ2v) is 3.89. The lowest BCUT2D eigenvalue weighted by Gasteiger charge is -2.09. The highest BCUT2D eigenvalue weighted by Gasteiger charge is 2.56. The zero-order valence-corrected chi connectivity index (χ0v) is 6.06. The molecule has 52 valence electrons. The summed E-state index contributed by atoms with van der Waals surface area (Å²) in [7, 11) is 0. The van der Waals surface area contributed by atoms with E-state index in [-0.39, 0.29) is 0 Å². The minimum atomic E-state index is 0.652. The first-order chi connectivity index (χ1) is 4.28. The number of hydrogen-bond acceptors (Lipinski definition) is 1. The van der Waals surface area contributed by atoms with Crippen molar-refractivity contribution in [2.45, 2.75) is 26.2 Å². The van der Waals surface area contributed by atoms with Crippen molar-refractivity contribution in [3.05, 3.63) is 0 Å². The van der Waals surface area contributed by atoms with Crippen molar-refractivity contribution in [3.8, 4) is 0 Å². The van der Waals surface area contributed by atoms with E-state index in [1.54, 1.807) is 0 Å². The van der Waals surface area contributed by atoms with E-state index in [2.05, 4.69) is 6.92 Å². The van der Waals surface area contributed by atoms with Crippen LogP contribution >= 0.6 is 0 Å². The average Bonchev–Trinajstić information content (AvgIpc) is 2.63. The fraction of sp³-hybridized carbons (Fsp3) is 1.00. The molecule has 0 spiro atoms. The van der Waals surface area contributed by atoms with Crippen LogP contribution in [0.2, 0.25) is 0 Å². The van der Waals surface area contributed by atoms with E-state index in [1.807, 2.05) is 0 Å². The Morgan fingerprint density at radius 1 is 1.56 bits per heavy atom. The Bertz CT molecular complexity index is 127. The van der Waals surface area contributed by atoms with Crippen LogP contribution in [0.25, 0.3) is 0 Å². The highest BCUT2D eigenvalue weighted by molar-refractivity contribution is 5.07. The molecular formula is C8H15N. The van der Waals surface area contributed by atoms with Crippen molar-refractivity contribution < 1.29 is 0 Å². The molecule has 0 aromatic heterocycles. The van der Waals surface area contributed by atoms with Gasteiger partial charge in [0.05, 0.1) is 0 Å². The van der Waals surface area contributed by atoms with Gasteiger partial charge in [-0.15, -0.1) is 0 Å². The Morgan fingerprint density at radius 2 is 2.11 bits per heavy atom. The van der Waals surface area contributed by atoms with Crippen LogP contribution in [0.5, 0.6) is 0 Å². The third kappa shape index (κ3) is 0.710. The highest BCUT2D eigenvalue weighted by Crippen LogP contribution is 2.63. The summed E-state index contributed by atoms with van der Waals surface area (Å²) in [6.45, 7) is 3.29. The fourth-order valence-corrected chi connectivity index (χ4v) is 2.06. The minimum Gasteiger partial charge on any atom is -0.330 e. The molecule has 1 nitrogen and oxygen atoms in total. The summed E-state index contributed by atoms with van der Waals surface area (Å²) in [5, 5.41) is 0. The minimum absolute atomic E-state index is 0.652. The quantitative estimate of drug-likeness (QED) is 0.593. The molecule has 0 amide bonds. The summed E-state index contributed by atoms with van der Waals surface area (Å²) >= 11 is 0. The van der Waals surface area contributed by atoms with Gasteiger partial charge in [-0.2, -0.15) is 0 Å². The first-order valence-corrected chi connectivity index (χ1v) is 3.98. The number of rotatable bonds is 2. The van der Waals surface area contributed by atoms with Gasteiger partial charge in [0.15, 0.2) is 0 Å². The SMILES string of the molecule is CC1CC1C1(CN)CC1. The molecule has 2 atom stereocenters. The molecule has 0 saturated heterocycles. The Morgan fingerprint density at radius 3 is 2.22 bits per heavy atom. The lowest BCUT2D eigenvalue weighted by Crippen LogP contribution is -2.17. The van der Waals surface area contributed by atoms with Gasteiger partial charge in [-0.3, -0.25) is 0 Å². The van der Waals surface area contributed by atoms with Crippen LogP contribution < -0.4 is 5.73 Å². The predicted molar refractivity (Wildman–Crippen MR) is 38.0 cm³/mol. The van der Waals surface area contributed by atoms with Gasteiger partial charge in [-0.1, -0.05) is 6.92 Å². The van der Waals surface area contributed by atoms with E-state index in [0.717, 1.165) is 18.4 Å². The van der Waals surface area contributed by atoms with Gasteiger partial charge in [0.1, 0.15) is 0 Å². The van der Waals surface area contributed by atoms with Crippen LogP contribution in [0.1, 0.15) is 26.2 Å². The van der Waals surface area contributed by atoms with Crippen molar-refractivity contribution in [1.29, 1.82) is 0 Å². The molecular weight excluding hydrogens is 110 g/mol. The van der Waals surface area contributed by atoms with Crippen LogP contribution in [0, 0.1) is 17.3 Å². The molecule has 1 heteroatoms. The van der Waals surface area contributed by atoms with Crippen molar-refractivity contribution in [3.63, 3.8) is 0 Å². The standard InChI is InChI=1S/C8H15N/c1-6-4-7(6)8(5-9)2-3-8/h6-7H,2-5,9H2,1H3. The van der Waals surface area contributed by atoms with E-state index in [4.69, 9.17) is 5.73 Å². The van der Waals surface area contributed by atoms with Gasteiger partial charge in [-0.25, -0.2) is 0 Å². The molecule has 0 heterocycles. The van der Waals surface area contributed by atoms with E-state index in [9.17, 15) is 0 Å². The molecule has 2 rings (SSSR count). The lowest BCUT2D eigenvalue weighted by atomic mass is 10.00. The third-order valence-electron chi connectivity index (χ3n) is 3.19. The van der Waals surface area contributed by atoms with Gasteiger partial charge >= 0.3 is 0 Å². The zero-order valence-electron chi connectivity index (χ0n) is 6.06. The van der Waals surface area contributed by atoms with E-state index < -0.39 is 0 Å². The summed E-state index contributed by atoms with van der Waals surface area (Å²) in [6, 6.07) is 0. The first-order valence-electron chi connectivity index (χ1n) is 3.98. The number of hydrogen-bond donors (Lipinski definition) is 1. The lowest BCUT2D eigenvalue weighted by molar-refractivity contribution is 0.430. The van der Waals surface area contributed by atoms with E-state index in [0.29, 0.717) is 5.41 Å². The van der Waals surface area contributed by atoms with Crippen LogP contribution in [-0.4, -0.2) is 6.54 Å². The molecule has 9 heavy (non-hydrogen) atoms. The molecule has 2 N–H and O–H groups in total. The van der Waals surface area contributed by atoms with Crippen LogP contribution in [0.15, 0.2) is 0 Å². The van der Waals surface area contributed by atoms with Crippen LogP contribution in [0.3, 0.4) is 0 Å². The molecule has 0 aromatic carbocycles. The molecule has 2 unspecified atom stereocenters. The maximum Gasteiger partial charge on any atom is -0.00178 e. The van der Waals surface area contributed by atoms with Crippen LogP contribution in [-0.2, 0) is 0 Å². The number of nitrogens with two attached hydrogens (primary N) is 1. The van der Waals surface area contributed by atoms with Crippen molar-refractivity contribution in [1.82, 2.24) is 0 Å². The van der Waals surface area contributed by atoms with Gasteiger partial charge in [0.2, 0.25) is 0 Å². The summed E-state index contributed by atoms with van der Waals surface area (Å²) in [4.78, 5) is 0. The van der Waals surface area contributed by atoms with Gasteiger partial charge in [0.25, 0.3) is 0 Å². The smallest absolute Gasteiger partial charge is 0.00178 e. The van der Waals surface area contributed by atoms with E-state index in [1.165, 1.54) is 19.3 Å². The molecule has 0 aliphatic heterocycles.